The van der Waals surface area contributed by atoms with Gasteiger partial charge in [0.15, 0.2) is 5.82 Å². The van der Waals surface area contributed by atoms with Crippen LogP contribution in [0.4, 0.5) is 16.2 Å². The predicted molar refractivity (Wildman–Crippen MR) is 119 cm³/mol. The first-order chi connectivity index (χ1) is 15.3. The van der Waals surface area contributed by atoms with Gasteiger partial charge in [-0.3, -0.25) is 4.31 Å². The number of urea groups is 1. The first-order valence-corrected chi connectivity index (χ1v) is 11.7. The molecule has 0 radical (unpaired) electrons. The number of rotatable bonds is 5. The molecule has 2 N–H and O–H groups in total. The number of sulfonamides is 1. The van der Waals surface area contributed by atoms with Crippen molar-refractivity contribution in [3.05, 3.63) is 53.9 Å². The van der Waals surface area contributed by atoms with E-state index < -0.39 is 22.1 Å². The van der Waals surface area contributed by atoms with E-state index in [2.05, 4.69) is 30.7 Å². The molecule has 3 heterocycles. The number of aryl methyl sites for hydroxylation is 2. The van der Waals surface area contributed by atoms with E-state index >= 15 is 0 Å². The summed E-state index contributed by atoms with van der Waals surface area (Å²) >= 11 is 0. The molecule has 32 heavy (non-hydrogen) atoms. The maximum Gasteiger partial charge on any atom is 0.319 e. The minimum absolute atomic E-state index is 0.132. The van der Waals surface area contributed by atoms with Crippen molar-refractivity contribution in [2.75, 3.05) is 21.9 Å². The number of amides is 2. The number of nitrogens with one attached hydrogen (secondary N) is 2. The largest absolute Gasteiger partial charge is 0.328 e. The van der Waals surface area contributed by atoms with Crippen molar-refractivity contribution >= 4 is 27.4 Å². The summed E-state index contributed by atoms with van der Waals surface area (Å²) in [6.07, 6.45) is 5.14. The van der Waals surface area contributed by atoms with Crippen LogP contribution in [0.3, 0.4) is 0 Å². The Morgan fingerprint density at radius 1 is 1.12 bits per heavy atom. The molecule has 1 aromatic carbocycles. The van der Waals surface area contributed by atoms with Crippen LogP contribution in [0.25, 0.3) is 5.95 Å². The van der Waals surface area contributed by atoms with Crippen molar-refractivity contribution in [1.29, 1.82) is 0 Å². The van der Waals surface area contributed by atoms with E-state index in [4.69, 9.17) is 0 Å². The maximum atomic E-state index is 12.7. The van der Waals surface area contributed by atoms with Crippen molar-refractivity contribution in [3.8, 4) is 5.95 Å². The van der Waals surface area contributed by atoms with Gasteiger partial charge in [0.25, 0.3) is 5.95 Å². The molecular formula is C20H24N8O3S. The zero-order valence-electron chi connectivity index (χ0n) is 18.0. The van der Waals surface area contributed by atoms with E-state index in [0.29, 0.717) is 36.1 Å². The Morgan fingerprint density at radius 3 is 2.56 bits per heavy atom. The minimum atomic E-state index is -3.33. The Balaban J connectivity index is 1.52. The molecule has 4 rings (SSSR count). The smallest absolute Gasteiger partial charge is 0.319 e. The standard InChI is InChI=1S/C20H24N8O3S/c1-13-10-14(2)17(27-8-5-9-32(27,30)31)11-16(13)26-20(29)25-15(3)18-23-12-24-28(18)19-21-6-4-7-22-19/h4,6-7,10-12,15H,5,8-9H2,1-3H3,(H2,25,26,29). The molecule has 1 aliphatic rings. The highest BCUT2D eigenvalue weighted by Crippen LogP contribution is 2.32. The fourth-order valence-electron chi connectivity index (χ4n) is 3.67. The second-order valence-electron chi connectivity index (χ2n) is 7.59. The fraction of sp³-hybridized carbons (Fsp3) is 0.350. The fourth-order valence-corrected chi connectivity index (χ4v) is 5.29. The molecule has 11 nitrogen and oxygen atoms in total. The van der Waals surface area contributed by atoms with Crippen molar-refractivity contribution in [1.82, 2.24) is 30.0 Å². The highest BCUT2D eigenvalue weighted by atomic mass is 32.2. The van der Waals surface area contributed by atoms with Crippen LogP contribution in [0, 0.1) is 13.8 Å². The number of benzene rings is 1. The van der Waals surface area contributed by atoms with E-state index in [-0.39, 0.29) is 5.75 Å². The van der Waals surface area contributed by atoms with Gasteiger partial charge in [-0.2, -0.15) is 9.78 Å². The number of carbonyl (C=O) groups is 1. The molecule has 0 aliphatic carbocycles. The lowest BCUT2D eigenvalue weighted by Gasteiger charge is -2.22. The third-order valence-corrected chi connectivity index (χ3v) is 7.07. The van der Waals surface area contributed by atoms with Crippen LogP contribution in [0.1, 0.15) is 36.3 Å². The first-order valence-electron chi connectivity index (χ1n) is 10.1. The molecule has 1 unspecified atom stereocenters. The van der Waals surface area contributed by atoms with Crippen LogP contribution in [0.5, 0.6) is 0 Å². The first kappa shape index (κ1) is 21.7. The Hall–Kier alpha value is -3.54. The lowest BCUT2D eigenvalue weighted by atomic mass is 10.1. The van der Waals surface area contributed by atoms with Gasteiger partial charge in [-0.25, -0.2) is 28.2 Å². The van der Waals surface area contributed by atoms with Gasteiger partial charge in [0.2, 0.25) is 10.0 Å². The lowest BCUT2D eigenvalue weighted by molar-refractivity contribution is 0.248. The molecule has 1 saturated heterocycles. The molecule has 0 saturated carbocycles. The van der Waals surface area contributed by atoms with Gasteiger partial charge < -0.3 is 10.6 Å². The number of aromatic nitrogens is 5. The number of hydrogen-bond donors (Lipinski definition) is 2. The molecule has 1 atom stereocenters. The van der Waals surface area contributed by atoms with Gasteiger partial charge in [-0.15, -0.1) is 0 Å². The molecule has 0 bridgehead atoms. The quantitative estimate of drug-likeness (QED) is 0.600. The topological polar surface area (TPSA) is 135 Å². The maximum absolute atomic E-state index is 12.7. The van der Waals surface area contributed by atoms with Crippen LogP contribution >= 0.6 is 0 Å². The lowest BCUT2D eigenvalue weighted by Crippen LogP contribution is -2.33. The average molecular weight is 457 g/mol. The number of carbonyl (C=O) groups excluding carboxylic acids is 1. The van der Waals surface area contributed by atoms with Crippen molar-refractivity contribution in [2.45, 2.75) is 33.2 Å². The third kappa shape index (κ3) is 4.26. The summed E-state index contributed by atoms with van der Waals surface area (Å²) in [6, 6.07) is 4.32. The van der Waals surface area contributed by atoms with E-state index in [9.17, 15) is 13.2 Å². The van der Waals surface area contributed by atoms with Gasteiger partial charge in [0, 0.05) is 24.6 Å². The predicted octanol–water partition coefficient (Wildman–Crippen LogP) is 2.10. The molecule has 12 heteroatoms. The van der Waals surface area contributed by atoms with E-state index in [1.807, 2.05) is 19.9 Å². The minimum Gasteiger partial charge on any atom is -0.328 e. The second-order valence-corrected chi connectivity index (χ2v) is 9.61. The van der Waals surface area contributed by atoms with Crippen LogP contribution in [0.2, 0.25) is 0 Å². The molecule has 2 aromatic heterocycles. The van der Waals surface area contributed by atoms with Crippen molar-refractivity contribution in [3.63, 3.8) is 0 Å². The Kier molecular flexibility index (Phi) is 5.78. The molecular weight excluding hydrogens is 432 g/mol. The van der Waals surface area contributed by atoms with E-state index in [1.165, 1.54) is 15.3 Å². The summed E-state index contributed by atoms with van der Waals surface area (Å²) in [5, 5.41) is 9.79. The number of nitrogens with zero attached hydrogens (tertiary/aromatic N) is 6. The SMILES string of the molecule is Cc1cc(C)c(N2CCCS2(=O)=O)cc1NC(=O)NC(C)c1ncnn1-c1ncccn1. The van der Waals surface area contributed by atoms with Gasteiger partial charge in [0.1, 0.15) is 6.33 Å². The number of anilines is 2. The highest BCUT2D eigenvalue weighted by Gasteiger charge is 2.30. The Morgan fingerprint density at radius 2 is 1.88 bits per heavy atom. The van der Waals surface area contributed by atoms with Crippen LogP contribution in [0.15, 0.2) is 36.9 Å². The third-order valence-electron chi connectivity index (χ3n) is 5.21. The van der Waals surface area contributed by atoms with Crippen LogP contribution in [-0.2, 0) is 10.0 Å². The Bertz CT molecular complexity index is 1240. The highest BCUT2D eigenvalue weighted by molar-refractivity contribution is 7.93. The zero-order valence-corrected chi connectivity index (χ0v) is 18.8. The average Bonchev–Trinajstić information content (AvgIpc) is 3.37. The monoisotopic (exact) mass is 456 g/mol. The van der Waals surface area contributed by atoms with E-state index in [0.717, 1.165) is 11.1 Å². The second kappa shape index (κ2) is 8.54. The zero-order chi connectivity index (χ0) is 22.9. The number of hydrogen-bond acceptors (Lipinski definition) is 7. The molecule has 1 fully saturated rings. The molecule has 3 aromatic rings. The summed E-state index contributed by atoms with van der Waals surface area (Å²) in [4.78, 5) is 25.3. The van der Waals surface area contributed by atoms with E-state index in [1.54, 1.807) is 31.5 Å². The summed E-state index contributed by atoms with van der Waals surface area (Å²) in [5.74, 6) is 0.947. The van der Waals surface area contributed by atoms with Crippen LogP contribution < -0.4 is 14.9 Å². The summed E-state index contributed by atoms with van der Waals surface area (Å²) in [7, 11) is -3.33. The molecule has 168 valence electrons. The van der Waals surface area contributed by atoms with Gasteiger partial charge >= 0.3 is 6.03 Å². The van der Waals surface area contributed by atoms with Crippen molar-refractivity contribution in [2.24, 2.45) is 0 Å². The summed E-state index contributed by atoms with van der Waals surface area (Å²) in [5.41, 5.74) is 2.78. The van der Waals surface area contributed by atoms with Gasteiger partial charge in [-0.05, 0) is 50.5 Å². The van der Waals surface area contributed by atoms with Crippen molar-refractivity contribution < 1.29 is 13.2 Å². The molecule has 0 spiro atoms. The summed E-state index contributed by atoms with van der Waals surface area (Å²) < 4.78 is 27.6. The van der Waals surface area contributed by atoms with Gasteiger partial charge in [0.05, 0.1) is 17.5 Å². The van der Waals surface area contributed by atoms with Gasteiger partial charge in [-0.1, -0.05) is 6.07 Å². The molecule has 1 aliphatic heterocycles. The van der Waals surface area contributed by atoms with Crippen LogP contribution in [-0.4, -0.2) is 51.5 Å². The Labute approximate surface area is 186 Å². The normalized spacial score (nSPS) is 16.0. The summed E-state index contributed by atoms with van der Waals surface area (Å²) in [6.45, 7) is 5.93. The molecule has 2 amide bonds.